The number of carboxylic acids is 1. The highest BCUT2D eigenvalue weighted by atomic mass is 16.5. The molecule has 5 nitrogen and oxygen atoms in total. The zero-order valence-corrected chi connectivity index (χ0v) is 21.5. The molecule has 0 bridgehead atoms. The summed E-state index contributed by atoms with van der Waals surface area (Å²) in [6.07, 6.45) is -1.19. The Kier molecular flexibility index (Phi) is 6.32. The Hall–Kier alpha value is -3.44. The smallest absolute Gasteiger partial charge is 0.337 e. The first-order chi connectivity index (χ1) is 16.4. The summed E-state index contributed by atoms with van der Waals surface area (Å²) >= 11 is 0. The van der Waals surface area contributed by atoms with Crippen LogP contribution < -0.4 is 4.90 Å². The Bertz CT molecular complexity index is 1320. The lowest BCUT2D eigenvalue weighted by atomic mass is 9.79. The van der Waals surface area contributed by atoms with Crippen LogP contribution in [0.2, 0.25) is 0 Å². The maximum absolute atomic E-state index is 12.8. The van der Waals surface area contributed by atoms with Crippen molar-refractivity contribution >= 4 is 17.6 Å². The van der Waals surface area contributed by atoms with Gasteiger partial charge in [0, 0.05) is 18.1 Å². The standard InChI is InChI=1S/C30H33NO4/c1-17-12-14-21(15-13-17)24-18(2)25-23-11-9-8-10-22(23)16-31(20(4)32)27(25)19(3)26(24)28(29(33)34)35-30(5,6)7/h8-15,28H,16H2,1-7H3,(H,33,34). The molecule has 0 aromatic heterocycles. The lowest BCUT2D eigenvalue weighted by molar-refractivity contribution is -0.160. The molecule has 3 aromatic rings. The number of carbonyl (C=O) groups excluding carboxylic acids is 1. The van der Waals surface area contributed by atoms with Gasteiger partial charge in [0.25, 0.3) is 0 Å². The molecule has 5 heteroatoms. The zero-order chi connectivity index (χ0) is 25.7. The van der Waals surface area contributed by atoms with Crippen LogP contribution >= 0.6 is 0 Å². The van der Waals surface area contributed by atoms with E-state index in [4.69, 9.17) is 4.74 Å². The molecule has 1 atom stereocenters. The zero-order valence-electron chi connectivity index (χ0n) is 21.5. The minimum Gasteiger partial charge on any atom is -0.479 e. The molecule has 0 radical (unpaired) electrons. The quantitative estimate of drug-likeness (QED) is 0.457. The summed E-state index contributed by atoms with van der Waals surface area (Å²) in [4.78, 5) is 27.3. The largest absolute Gasteiger partial charge is 0.479 e. The van der Waals surface area contributed by atoms with Crippen molar-refractivity contribution in [3.8, 4) is 22.3 Å². The molecule has 1 aliphatic heterocycles. The van der Waals surface area contributed by atoms with E-state index in [0.29, 0.717) is 12.1 Å². The fourth-order valence-electron chi connectivity index (χ4n) is 5.10. The van der Waals surface area contributed by atoms with Crippen molar-refractivity contribution in [2.45, 2.75) is 66.7 Å². The fraction of sp³-hybridized carbons (Fsp3) is 0.333. The highest BCUT2D eigenvalue weighted by Crippen LogP contribution is 2.50. The number of hydrogen-bond acceptors (Lipinski definition) is 3. The van der Waals surface area contributed by atoms with Crippen molar-refractivity contribution in [1.82, 2.24) is 0 Å². The van der Waals surface area contributed by atoms with E-state index in [1.807, 2.05) is 84.0 Å². The normalized spacial score (nSPS) is 13.7. The second-order valence-electron chi connectivity index (χ2n) is 10.3. The summed E-state index contributed by atoms with van der Waals surface area (Å²) in [6.45, 7) is 13.5. The number of benzene rings is 3. The van der Waals surface area contributed by atoms with Gasteiger partial charge in [0.2, 0.25) is 5.91 Å². The van der Waals surface area contributed by atoms with E-state index < -0.39 is 17.7 Å². The van der Waals surface area contributed by atoms with Crippen LogP contribution in [0.4, 0.5) is 5.69 Å². The minimum atomic E-state index is -1.19. The molecule has 0 fully saturated rings. The van der Waals surface area contributed by atoms with E-state index in [2.05, 4.69) is 6.07 Å². The molecule has 0 saturated carbocycles. The Morgan fingerprint density at radius 2 is 1.57 bits per heavy atom. The number of carboxylic acid groups (broad SMARTS) is 1. The van der Waals surface area contributed by atoms with Gasteiger partial charge in [0.05, 0.1) is 17.8 Å². The predicted octanol–water partition coefficient (Wildman–Crippen LogP) is 6.75. The first-order valence-corrected chi connectivity index (χ1v) is 11.9. The van der Waals surface area contributed by atoms with Gasteiger partial charge in [-0.1, -0.05) is 54.1 Å². The summed E-state index contributed by atoms with van der Waals surface area (Å²) in [5.41, 5.74) is 8.38. The molecule has 1 unspecified atom stereocenters. The van der Waals surface area contributed by atoms with Gasteiger partial charge in [-0.05, 0) is 74.9 Å². The number of carbonyl (C=O) groups is 2. The summed E-state index contributed by atoms with van der Waals surface area (Å²) in [7, 11) is 0. The van der Waals surface area contributed by atoms with Crippen molar-refractivity contribution < 1.29 is 19.4 Å². The Morgan fingerprint density at radius 1 is 0.943 bits per heavy atom. The van der Waals surface area contributed by atoms with Crippen LogP contribution in [0.3, 0.4) is 0 Å². The third-order valence-corrected chi connectivity index (χ3v) is 6.58. The molecule has 1 aliphatic rings. The van der Waals surface area contributed by atoms with Gasteiger partial charge in [-0.2, -0.15) is 0 Å². The number of ether oxygens (including phenoxy) is 1. The predicted molar refractivity (Wildman–Crippen MR) is 140 cm³/mol. The van der Waals surface area contributed by atoms with Crippen LogP contribution in [0, 0.1) is 20.8 Å². The first kappa shape index (κ1) is 24.7. The molecule has 1 amide bonds. The monoisotopic (exact) mass is 471 g/mol. The van der Waals surface area contributed by atoms with Crippen molar-refractivity contribution in [1.29, 1.82) is 0 Å². The van der Waals surface area contributed by atoms with Gasteiger partial charge in [0.15, 0.2) is 6.10 Å². The van der Waals surface area contributed by atoms with Crippen LogP contribution in [0.25, 0.3) is 22.3 Å². The molecule has 0 spiro atoms. The van der Waals surface area contributed by atoms with E-state index >= 15 is 0 Å². The molecule has 4 rings (SSSR count). The van der Waals surface area contributed by atoms with Gasteiger partial charge in [-0.3, -0.25) is 4.79 Å². The summed E-state index contributed by atoms with van der Waals surface area (Å²) < 4.78 is 6.16. The lowest BCUT2D eigenvalue weighted by Crippen LogP contribution is -2.34. The maximum atomic E-state index is 12.8. The van der Waals surface area contributed by atoms with Gasteiger partial charge >= 0.3 is 5.97 Å². The number of amides is 1. The Balaban J connectivity index is 2.17. The van der Waals surface area contributed by atoms with E-state index in [9.17, 15) is 14.7 Å². The van der Waals surface area contributed by atoms with E-state index in [-0.39, 0.29) is 5.91 Å². The Morgan fingerprint density at radius 3 is 2.14 bits per heavy atom. The molecule has 35 heavy (non-hydrogen) atoms. The van der Waals surface area contributed by atoms with Crippen LogP contribution in [-0.4, -0.2) is 22.6 Å². The number of aryl methyl sites for hydroxylation is 1. The average molecular weight is 472 g/mol. The second-order valence-corrected chi connectivity index (χ2v) is 10.3. The molecule has 0 aliphatic carbocycles. The van der Waals surface area contributed by atoms with Crippen LogP contribution in [0.15, 0.2) is 48.5 Å². The second kappa shape index (κ2) is 8.97. The van der Waals surface area contributed by atoms with Crippen molar-refractivity contribution in [2.24, 2.45) is 0 Å². The molecule has 182 valence electrons. The van der Waals surface area contributed by atoms with Gasteiger partial charge in [-0.15, -0.1) is 0 Å². The van der Waals surface area contributed by atoms with Crippen molar-refractivity contribution in [3.63, 3.8) is 0 Å². The fourth-order valence-corrected chi connectivity index (χ4v) is 5.10. The highest BCUT2D eigenvalue weighted by Gasteiger charge is 2.37. The molecule has 1 N–H and O–H groups in total. The van der Waals surface area contributed by atoms with Crippen LogP contribution in [0.1, 0.15) is 61.6 Å². The number of rotatable bonds is 4. The van der Waals surface area contributed by atoms with Gasteiger partial charge < -0.3 is 14.7 Å². The molecular formula is C30H33NO4. The van der Waals surface area contributed by atoms with Crippen molar-refractivity contribution in [2.75, 3.05) is 4.90 Å². The first-order valence-electron chi connectivity index (χ1n) is 11.9. The molecule has 3 aromatic carbocycles. The van der Waals surface area contributed by atoms with Crippen LogP contribution in [0.5, 0.6) is 0 Å². The molecule has 0 saturated heterocycles. The number of fused-ring (bicyclic) bond motifs is 3. The average Bonchev–Trinajstić information content (AvgIpc) is 2.78. The van der Waals surface area contributed by atoms with E-state index in [0.717, 1.165) is 50.2 Å². The Labute approximate surface area is 207 Å². The number of anilines is 1. The minimum absolute atomic E-state index is 0.0825. The third-order valence-electron chi connectivity index (χ3n) is 6.58. The number of nitrogens with zero attached hydrogens (tertiary/aromatic N) is 1. The molecular weight excluding hydrogens is 438 g/mol. The highest BCUT2D eigenvalue weighted by molar-refractivity contribution is 6.04. The number of aliphatic carboxylic acids is 1. The maximum Gasteiger partial charge on any atom is 0.337 e. The van der Waals surface area contributed by atoms with E-state index in [1.54, 1.807) is 11.8 Å². The van der Waals surface area contributed by atoms with Crippen molar-refractivity contribution in [3.05, 3.63) is 76.3 Å². The van der Waals surface area contributed by atoms with Gasteiger partial charge in [-0.25, -0.2) is 4.79 Å². The topological polar surface area (TPSA) is 66.8 Å². The van der Waals surface area contributed by atoms with Gasteiger partial charge in [0.1, 0.15) is 0 Å². The SMILES string of the molecule is CC(=O)N1Cc2ccccc2-c2c(C)c(-c3ccc(C)cc3)c(C(OC(C)(C)C)C(=O)O)c(C)c21. The summed E-state index contributed by atoms with van der Waals surface area (Å²) in [5.74, 6) is -1.14. The molecule has 1 heterocycles. The summed E-state index contributed by atoms with van der Waals surface area (Å²) in [5, 5.41) is 10.4. The lowest BCUT2D eigenvalue weighted by Gasteiger charge is -2.37. The number of hydrogen-bond donors (Lipinski definition) is 1. The summed E-state index contributed by atoms with van der Waals surface area (Å²) in [6, 6.07) is 16.2. The van der Waals surface area contributed by atoms with Crippen LogP contribution in [-0.2, 0) is 20.9 Å². The van der Waals surface area contributed by atoms with E-state index in [1.165, 1.54) is 0 Å². The third kappa shape index (κ3) is 4.48.